The van der Waals surface area contributed by atoms with E-state index in [0.29, 0.717) is 18.8 Å². The first-order valence-electron chi connectivity index (χ1n) is 6.84. The lowest BCUT2D eigenvalue weighted by molar-refractivity contribution is -0.140. The van der Waals surface area contributed by atoms with Crippen molar-refractivity contribution in [3.8, 4) is 0 Å². The SMILES string of the molecule is CC1CC2CC(C1)CC(C)(C(F)(F)CS(=O)(=O)O)C2. The number of hydrogen-bond acceptors (Lipinski definition) is 2. The predicted octanol–water partition coefficient (Wildman–Crippen LogP) is 3.36. The normalized spacial score (nSPS) is 40.2. The van der Waals surface area contributed by atoms with Crippen LogP contribution in [0.5, 0.6) is 0 Å². The second-order valence-corrected chi connectivity index (χ2v) is 8.40. The van der Waals surface area contributed by atoms with E-state index < -0.39 is 27.2 Å². The van der Waals surface area contributed by atoms with Gasteiger partial charge in [-0.1, -0.05) is 13.8 Å². The van der Waals surface area contributed by atoms with E-state index >= 15 is 0 Å². The van der Waals surface area contributed by atoms with Crippen molar-refractivity contribution in [1.29, 1.82) is 0 Å². The topological polar surface area (TPSA) is 54.4 Å². The molecule has 0 heterocycles. The van der Waals surface area contributed by atoms with Gasteiger partial charge in [0.1, 0.15) is 5.75 Å². The third kappa shape index (κ3) is 3.27. The number of fused-ring (bicyclic) bond motifs is 2. The molecular weight excluding hydrogens is 274 g/mol. The Morgan fingerprint density at radius 1 is 1.21 bits per heavy atom. The van der Waals surface area contributed by atoms with Gasteiger partial charge in [-0.3, -0.25) is 4.55 Å². The number of halogens is 2. The van der Waals surface area contributed by atoms with Crippen molar-refractivity contribution in [1.82, 2.24) is 0 Å². The summed E-state index contributed by atoms with van der Waals surface area (Å²) >= 11 is 0. The van der Waals surface area contributed by atoms with Crippen molar-refractivity contribution in [2.75, 3.05) is 5.75 Å². The Bertz CT molecular complexity index is 429. The Balaban J connectivity index is 2.19. The van der Waals surface area contributed by atoms with Gasteiger partial charge in [-0.2, -0.15) is 8.42 Å². The molecule has 112 valence electrons. The Hall–Kier alpha value is -0.230. The van der Waals surface area contributed by atoms with Crippen LogP contribution >= 0.6 is 0 Å². The van der Waals surface area contributed by atoms with Crippen LogP contribution in [0.1, 0.15) is 46.0 Å². The smallest absolute Gasteiger partial charge is 0.270 e. The molecule has 2 atom stereocenters. The van der Waals surface area contributed by atoms with Gasteiger partial charge in [-0.05, 0) is 49.9 Å². The fourth-order valence-electron chi connectivity index (χ4n) is 4.29. The van der Waals surface area contributed by atoms with E-state index in [4.69, 9.17) is 4.55 Å². The first kappa shape index (κ1) is 15.2. The van der Waals surface area contributed by atoms with Crippen molar-refractivity contribution < 1.29 is 21.8 Å². The molecule has 1 N–H and O–H groups in total. The minimum absolute atomic E-state index is 0.264. The molecule has 2 aliphatic rings. The van der Waals surface area contributed by atoms with E-state index in [-0.39, 0.29) is 11.8 Å². The quantitative estimate of drug-likeness (QED) is 0.812. The zero-order chi connectivity index (χ0) is 14.5. The standard InChI is InChI=1S/C13H22F2O3S/c1-9-3-10-5-11(4-9)7-12(2,6-10)13(14,15)8-19(16,17)18/h9-11H,3-8H2,1-2H3,(H,16,17,18). The van der Waals surface area contributed by atoms with Gasteiger partial charge in [0.25, 0.3) is 16.0 Å². The molecule has 0 aromatic rings. The van der Waals surface area contributed by atoms with Gasteiger partial charge < -0.3 is 0 Å². The summed E-state index contributed by atoms with van der Waals surface area (Å²) < 4.78 is 58.9. The zero-order valence-corrected chi connectivity index (χ0v) is 12.2. The third-order valence-corrected chi connectivity index (χ3v) is 5.59. The largest absolute Gasteiger partial charge is 0.285 e. The first-order valence-corrected chi connectivity index (χ1v) is 8.45. The molecule has 0 amide bonds. The van der Waals surface area contributed by atoms with Crippen LogP contribution in [0.25, 0.3) is 0 Å². The molecule has 19 heavy (non-hydrogen) atoms. The molecule has 2 bridgehead atoms. The Kier molecular flexibility index (Phi) is 3.71. The second-order valence-electron chi connectivity index (χ2n) is 6.94. The maximum absolute atomic E-state index is 14.3. The summed E-state index contributed by atoms with van der Waals surface area (Å²) in [4.78, 5) is 0. The van der Waals surface area contributed by atoms with Gasteiger partial charge in [-0.15, -0.1) is 0 Å². The summed E-state index contributed by atoms with van der Waals surface area (Å²) in [5.41, 5.74) is -1.31. The van der Waals surface area contributed by atoms with Gasteiger partial charge >= 0.3 is 0 Å². The molecule has 0 aliphatic heterocycles. The maximum Gasteiger partial charge on any atom is 0.270 e. The summed E-state index contributed by atoms with van der Waals surface area (Å²) in [7, 11) is -4.65. The minimum atomic E-state index is -4.65. The average molecular weight is 296 g/mol. The highest BCUT2D eigenvalue weighted by atomic mass is 32.2. The second kappa shape index (κ2) is 4.65. The van der Waals surface area contributed by atoms with E-state index in [1.165, 1.54) is 6.92 Å². The number of hydrogen-bond donors (Lipinski definition) is 1. The van der Waals surface area contributed by atoms with Crippen LogP contribution in [0.2, 0.25) is 0 Å². The molecule has 3 nitrogen and oxygen atoms in total. The van der Waals surface area contributed by atoms with Crippen LogP contribution in [0.15, 0.2) is 0 Å². The van der Waals surface area contributed by atoms with Crippen molar-refractivity contribution in [2.45, 2.75) is 51.9 Å². The molecule has 0 spiro atoms. The molecule has 0 saturated heterocycles. The highest BCUT2D eigenvalue weighted by Gasteiger charge is 2.56. The fourth-order valence-corrected chi connectivity index (χ4v) is 5.10. The molecule has 0 aromatic heterocycles. The summed E-state index contributed by atoms with van der Waals surface area (Å²) in [6, 6.07) is 0. The van der Waals surface area contributed by atoms with E-state index in [1.807, 2.05) is 0 Å². The summed E-state index contributed by atoms with van der Waals surface area (Å²) in [6.07, 6.45) is 3.61. The number of rotatable bonds is 3. The van der Waals surface area contributed by atoms with Crippen LogP contribution in [0.3, 0.4) is 0 Å². The molecule has 6 heteroatoms. The minimum Gasteiger partial charge on any atom is -0.285 e. The number of alkyl halides is 2. The molecule has 2 saturated carbocycles. The molecule has 2 fully saturated rings. The Labute approximate surface area is 113 Å². The van der Waals surface area contributed by atoms with E-state index in [2.05, 4.69) is 6.92 Å². The van der Waals surface area contributed by atoms with E-state index in [1.54, 1.807) is 0 Å². The summed E-state index contributed by atoms with van der Waals surface area (Å²) in [5.74, 6) is -3.72. The van der Waals surface area contributed by atoms with Crippen molar-refractivity contribution in [2.24, 2.45) is 23.2 Å². The predicted molar refractivity (Wildman–Crippen MR) is 68.7 cm³/mol. The van der Waals surface area contributed by atoms with Crippen LogP contribution in [-0.4, -0.2) is 24.6 Å². The van der Waals surface area contributed by atoms with Gasteiger partial charge in [0.15, 0.2) is 0 Å². The molecule has 2 unspecified atom stereocenters. The first-order chi connectivity index (χ1) is 8.51. The Morgan fingerprint density at radius 3 is 2.11 bits per heavy atom. The zero-order valence-electron chi connectivity index (χ0n) is 11.4. The molecular formula is C13H22F2O3S. The van der Waals surface area contributed by atoms with E-state index in [9.17, 15) is 17.2 Å². The highest BCUT2D eigenvalue weighted by molar-refractivity contribution is 7.85. The van der Waals surface area contributed by atoms with Gasteiger partial charge in [-0.25, -0.2) is 8.78 Å². The van der Waals surface area contributed by atoms with Crippen LogP contribution in [-0.2, 0) is 10.1 Å². The van der Waals surface area contributed by atoms with Crippen LogP contribution < -0.4 is 0 Å². The van der Waals surface area contributed by atoms with E-state index in [0.717, 1.165) is 19.3 Å². The van der Waals surface area contributed by atoms with Crippen molar-refractivity contribution in [3.05, 3.63) is 0 Å². The summed E-state index contributed by atoms with van der Waals surface area (Å²) in [5, 5.41) is 0. The van der Waals surface area contributed by atoms with Gasteiger partial charge in [0.05, 0.1) is 0 Å². The Morgan fingerprint density at radius 2 is 1.68 bits per heavy atom. The average Bonchev–Trinajstić information content (AvgIpc) is 2.09. The lowest BCUT2D eigenvalue weighted by atomic mass is 9.58. The lowest BCUT2D eigenvalue weighted by Gasteiger charge is -2.49. The van der Waals surface area contributed by atoms with Crippen LogP contribution in [0, 0.1) is 23.2 Å². The summed E-state index contributed by atoms with van der Waals surface area (Å²) in [6.45, 7) is 3.63. The maximum atomic E-state index is 14.3. The molecule has 2 rings (SSSR count). The van der Waals surface area contributed by atoms with Gasteiger partial charge in [0.2, 0.25) is 0 Å². The van der Waals surface area contributed by atoms with Crippen molar-refractivity contribution in [3.63, 3.8) is 0 Å². The fraction of sp³-hybridized carbons (Fsp3) is 1.00. The molecule has 0 aromatic carbocycles. The van der Waals surface area contributed by atoms with Crippen LogP contribution in [0.4, 0.5) is 8.78 Å². The monoisotopic (exact) mass is 296 g/mol. The van der Waals surface area contributed by atoms with Crippen molar-refractivity contribution >= 4 is 10.1 Å². The molecule has 2 aliphatic carbocycles. The van der Waals surface area contributed by atoms with Gasteiger partial charge in [0, 0.05) is 5.41 Å². The lowest BCUT2D eigenvalue weighted by Crippen LogP contribution is -2.50. The highest BCUT2D eigenvalue weighted by Crippen LogP contribution is 2.56. The third-order valence-electron chi connectivity index (χ3n) is 4.86. The molecule has 0 radical (unpaired) electrons.